The molecule has 0 saturated carbocycles. The van der Waals surface area contributed by atoms with Crippen molar-refractivity contribution in [3.8, 4) is 45.6 Å². The van der Waals surface area contributed by atoms with E-state index in [0.717, 1.165) is 18.2 Å². The van der Waals surface area contributed by atoms with Gasteiger partial charge in [-0.25, -0.2) is 29.9 Å². The average molecular weight is 950 g/mol. The van der Waals surface area contributed by atoms with Gasteiger partial charge in [0.1, 0.15) is 22.6 Å². The molecule has 0 spiro atoms. The van der Waals surface area contributed by atoms with Crippen LogP contribution in [-0.4, -0.2) is 65.8 Å². The lowest BCUT2D eigenvalue weighted by Crippen LogP contribution is -1.98. The van der Waals surface area contributed by atoms with Gasteiger partial charge in [-0.15, -0.1) is 0 Å². The lowest BCUT2D eigenvalue weighted by molar-refractivity contribution is 0.481. The molecule has 2 aliphatic rings. The van der Waals surface area contributed by atoms with Crippen molar-refractivity contribution in [1.82, 2.24) is 39.9 Å². The van der Waals surface area contributed by atoms with Crippen molar-refractivity contribution in [2.75, 3.05) is 0 Å². The van der Waals surface area contributed by atoms with Crippen LogP contribution >= 0.6 is 92.8 Å². The standard InChI is InChI=1S/C32H10Cl8N8O6S2/c33-17-13-15(19(35)23(39)21(17)37)31-46-29(13)44-27-11-5-7(55(49,50)51)1-3-9(11)25(42-27)41-26-10-4-2-8(56(52,53)54)6-12(10)28(43-26)45-30-14-16(32(47-30)48-31)20(36)24(40)22(38)18(14)34/h1-6H,(H,49,50,51)(H,52,53,54)(H2,41,42,43,44,45,46,47,48). The summed E-state index contributed by atoms with van der Waals surface area (Å²) in [5.41, 5.74) is 0.553. The van der Waals surface area contributed by atoms with Crippen LogP contribution in [0.2, 0.25) is 40.2 Å². The van der Waals surface area contributed by atoms with E-state index in [0.29, 0.717) is 5.39 Å². The van der Waals surface area contributed by atoms with Gasteiger partial charge in [0.2, 0.25) is 0 Å². The maximum absolute atomic E-state index is 12.3. The Kier molecular flexibility index (Phi) is 8.77. The molecule has 24 heteroatoms. The average Bonchev–Trinajstić information content (AvgIpc) is 3.88. The first-order valence-electron chi connectivity index (χ1n) is 15.1. The number of aromatic amines is 2. The molecule has 0 saturated heterocycles. The minimum absolute atomic E-state index is 0.00541. The van der Waals surface area contributed by atoms with E-state index >= 15 is 0 Å². The molecule has 56 heavy (non-hydrogen) atoms. The van der Waals surface area contributed by atoms with Gasteiger partial charge in [0.25, 0.3) is 20.2 Å². The Balaban J connectivity index is 1.55. The molecule has 5 heterocycles. The molecule has 7 aromatic rings. The molecular formula is C32H10Cl8N8O6S2. The molecule has 9 rings (SSSR count). The van der Waals surface area contributed by atoms with E-state index in [4.69, 9.17) is 108 Å². The number of benzene rings is 4. The monoisotopic (exact) mass is 946 g/mol. The van der Waals surface area contributed by atoms with Crippen LogP contribution in [0.3, 0.4) is 0 Å². The van der Waals surface area contributed by atoms with Gasteiger partial charge in [0, 0.05) is 21.9 Å². The summed E-state index contributed by atoms with van der Waals surface area (Å²) >= 11 is 53.1. The van der Waals surface area contributed by atoms with Gasteiger partial charge < -0.3 is 9.97 Å². The number of aromatic nitrogens is 8. The first kappa shape index (κ1) is 37.9. The maximum Gasteiger partial charge on any atom is 0.294 e. The zero-order valence-corrected chi connectivity index (χ0v) is 34.2. The van der Waals surface area contributed by atoms with Crippen LogP contribution in [0.1, 0.15) is 0 Å². The van der Waals surface area contributed by atoms with E-state index in [1.807, 2.05) is 0 Å². The zero-order valence-electron chi connectivity index (χ0n) is 26.5. The molecule has 3 aromatic heterocycles. The molecule has 2 aliphatic heterocycles. The molecule has 4 aromatic carbocycles. The SMILES string of the molecule is O=S(=O)(O)c1ccc2c(c1)-c1nc-2nc2[nH]c(nc3[nH]c(nc4nc(n1)-c1c(Cl)c(Cl)c(Cl)c(Cl)c1-4)c1c(Cl)c(Cl)c(Cl)c(Cl)c31)c1cc(S(=O)(=O)O)ccc21. The predicted octanol–water partition coefficient (Wildman–Crippen LogP) is 10.6. The number of fused-ring (bicyclic) bond motifs is 20. The largest absolute Gasteiger partial charge is 0.324 e. The fourth-order valence-corrected chi connectivity index (χ4v) is 9.36. The molecule has 0 aliphatic carbocycles. The molecule has 0 atom stereocenters. The van der Waals surface area contributed by atoms with Crippen molar-refractivity contribution in [2.24, 2.45) is 0 Å². The van der Waals surface area contributed by atoms with Crippen molar-refractivity contribution < 1.29 is 25.9 Å². The second-order valence-electron chi connectivity index (χ2n) is 12.0. The summed E-state index contributed by atoms with van der Waals surface area (Å²) in [5.74, 6) is -0.431. The van der Waals surface area contributed by atoms with E-state index in [1.54, 1.807) is 0 Å². The number of nitrogens with zero attached hydrogens (tertiary/aromatic N) is 6. The highest BCUT2D eigenvalue weighted by Crippen LogP contribution is 2.52. The number of hydrogen-bond donors (Lipinski definition) is 4. The highest BCUT2D eigenvalue weighted by molar-refractivity contribution is 7.86. The predicted molar refractivity (Wildman–Crippen MR) is 216 cm³/mol. The lowest BCUT2D eigenvalue weighted by atomic mass is 10.1. The van der Waals surface area contributed by atoms with Crippen LogP contribution in [0.15, 0.2) is 46.2 Å². The van der Waals surface area contributed by atoms with Crippen LogP contribution in [-0.2, 0) is 20.2 Å². The fraction of sp³-hybridized carbons (Fsp3) is 0. The van der Waals surface area contributed by atoms with Crippen molar-refractivity contribution in [3.63, 3.8) is 0 Å². The number of rotatable bonds is 2. The minimum Gasteiger partial charge on any atom is -0.324 e. The summed E-state index contributed by atoms with van der Waals surface area (Å²) in [4.78, 5) is 33.2. The third-order valence-corrected chi connectivity index (χ3v) is 14.1. The molecule has 4 N–H and O–H groups in total. The second kappa shape index (κ2) is 12.9. The molecule has 8 bridgehead atoms. The Morgan fingerprint density at radius 1 is 0.429 bits per heavy atom. The molecule has 0 amide bonds. The first-order valence-corrected chi connectivity index (χ1v) is 21.0. The molecule has 0 fully saturated rings. The number of H-pyrrole nitrogens is 2. The summed E-state index contributed by atoms with van der Waals surface area (Å²) in [6, 6.07) is 7.33. The second-order valence-corrected chi connectivity index (χ2v) is 17.9. The van der Waals surface area contributed by atoms with Gasteiger partial charge in [-0.05, 0) is 36.4 Å². The smallest absolute Gasteiger partial charge is 0.294 e. The van der Waals surface area contributed by atoms with Gasteiger partial charge in [-0.1, -0.05) is 92.8 Å². The quantitative estimate of drug-likeness (QED) is 0.0723. The van der Waals surface area contributed by atoms with Gasteiger partial charge in [0.05, 0.1) is 71.9 Å². The highest BCUT2D eigenvalue weighted by atomic mass is 35.5. The normalized spacial score (nSPS) is 12.8. The molecular weight excluding hydrogens is 940 g/mol. The van der Waals surface area contributed by atoms with Gasteiger partial charge >= 0.3 is 0 Å². The van der Waals surface area contributed by atoms with Gasteiger partial charge in [-0.2, -0.15) is 16.8 Å². The Hall–Kier alpha value is -3.62. The Bertz CT molecular complexity index is 3440. The lowest BCUT2D eigenvalue weighted by Gasteiger charge is -2.09. The first-order chi connectivity index (χ1) is 26.3. The van der Waals surface area contributed by atoms with Crippen molar-refractivity contribution >= 4 is 157 Å². The Morgan fingerprint density at radius 3 is 1.46 bits per heavy atom. The van der Waals surface area contributed by atoms with Crippen LogP contribution < -0.4 is 0 Å². The van der Waals surface area contributed by atoms with E-state index in [-0.39, 0.29) is 124 Å². The minimum atomic E-state index is -4.71. The molecule has 282 valence electrons. The summed E-state index contributed by atoms with van der Waals surface area (Å²) < 4.78 is 68.8. The third kappa shape index (κ3) is 5.73. The van der Waals surface area contributed by atoms with E-state index in [1.165, 1.54) is 18.2 Å². The zero-order chi connectivity index (χ0) is 39.9. The Labute approximate surface area is 352 Å². The summed E-state index contributed by atoms with van der Waals surface area (Å²) in [5, 5.41) is -0.193. The molecule has 0 radical (unpaired) electrons. The summed E-state index contributed by atoms with van der Waals surface area (Å²) in [6.07, 6.45) is 0. The van der Waals surface area contributed by atoms with Crippen LogP contribution in [0.4, 0.5) is 0 Å². The van der Waals surface area contributed by atoms with Crippen LogP contribution in [0, 0.1) is 0 Å². The number of nitrogens with one attached hydrogen (secondary N) is 2. The Morgan fingerprint density at radius 2 is 0.857 bits per heavy atom. The van der Waals surface area contributed by atoms with E-state index < -0.39 is 30.0 Å². The van der Waals surface area contributed by atoms with Gasteiger partial charge in [-0.3, -0.25) is 9.11 Å². The fourth-order valence-electron chi connectivity index (χ4n) is 6.30. The number of hydrogen-bond acceptors (Lipinski definition) is 10. The number of halogens is 8. The third-order valence-electron chi connectivity index (χ3n) is 8.79. The van der Waals surface area contributed by atoms with Gasteiger partial charge in [0.15, 0.2) is 23.3 Å². The molecule has 14 nitrogen and oxygen atoms in total. The van der Waals surface area contributed by atoms with Crippen molar-refractivity contribution in [1.29, 1.82) is 0 Å². The highest BCUT2D eigenvalue weighted by Gasteiger charge is 2.32. The van der Waals surface area contributed by atoms with E-state index in [2.05, 4.69) is 24.9 Å². The van der Waals surface area contributed by atoms with Crippen LogP contribution in [0.25, 0.3) is 89.7 Å². The van der Waals surface area contributed by atoms with Crippen molar-refractivity contribution in [3.05, 3.63) is 76.6 Å². The maximum atomic E-state index is 12.3. The summed E-state index contributed by atoms with van der Waals surface area (Å²) in [6.45, 7) is 0. The van der Waals surface area contributed by atoms with E-state index in [9.17, 15) is 25.9 Å². The topological polar surface area (TPSA) is 218 Å². The molecule has 0 unspecified atom stereocenters. The summed E-state index contributed by atoms with van der Waals surface area (Å²) in [7, 11) is -9.41. The van der Waals surface area contributed by atoms with Crippen molar-refractivity contribution in [2.45, 2.75) is 9.79 Å². The van der Waals surface area contributed by atoms with Crippen LogP contribution in [0.5, 0.6) is 0 Å².